The van der Waals surface area contributed by atoms with Gasteiger partial charge in [-0.2, -0.15) is 0 Å². The molecule has 0 amide bonds. The maximum absolute atomic E-state index is 13.8. The van der Waals surface area contributed by atoms with Crippen molar-refractivity contribution in [1.29, 1.82) is 0 Å². The Morgan fingerprint density at radius 2 is 1.76 bits per heavy atom. The van der Waals surface area contributed by atoms with E-state index >= 15 is 0 Å². The molecule has 0 spiro atoms. The Morgan fingerprint density at radius 1 is 1.05 bits per heavy atom. The van der Waals surface area contributed by atoms with E-state index in [-0.39, 0.29) is 17.6 Å². The van der Waals surface area contributed by atoms with Gasteiger partial charge in [0.25, 0.3) is 0 Å². The van der Waals surface area contributed by atoms with Crippen LogP contribution in [0.2, 0.25) is 0 Å². The third-order valence-corrected chi connectivity index (χ3v) is 3.53. The zero-order chi connectivity index (χ0) is 15.1. The van der Waals surface area contributed by atoms with Crippen molar-refractivity contribution in [2.24, 2.45) is 0 Å². The molecule has 0 heterocycles. The van der Waals surface area contributed by atoms with Crippen LogP contribution in [0.25, 0.3) is 0 Å². The fourth-order valence-corrected chi connectivity index (χ4v) is 2.41. The van der Waals surface area contributed by atoms with Gasteiger partial charge in [0.1, 0.15) is 11.6 Å². The Labute approximate surface area is 125 Å². The molecule has 2 nitrogen and oxygen atoms in total. The Hall–Kier alpha value is -1.87. The van der Waals surface area contributed by atoms with E-state index in [0.717, 1.165) is 30.5 Å². The van der Waals surface area contributed by atoms with Gasteiger partial charge in [-0.05, 0) is 55.1 Å². The van der Waals surface area contributed by atoms with E-state index in [2.05, 4.69) is 12.2 Å². The molecular weight excluding hydrogens is 265 g/mol. The van der Waals surface area contributed by atoms with Crippen LogP contribution in [0.3, 0.4) is 0 Å². The van der Waals surface area contributed by atoms with Crippen LogP contribution in [0.15, 0.2) is 48.5 Å². The number of benzene rings is 2. The number of halogens is 1. The van der Waals surface area contributed by atoms with E-state index in [0.29, 0.717) is 6.42 Å². The van der Waals surface area contributed by atoms with Crippen LogP contribution in [0.4, 0.5) is 4.39 Å². The van der Waals surface area contributed by atoms with Crippen molar-refractivity contribution in [3.63, 3.8) is 0 Å². The molecule has 0 aliphatic rings. The summed E-state index contributed by atoms with van der Waals surface area (Å²) >= 11 is 0. The normalized spacial score (nSPS) is 12.3. The van der Waals surface area contributed by atoms with Gasteiger partial charge in [0.05, 0.1) is 0 Å². The van der Waals surface area contributed by atoms with Crippen LogP contribution in [-0.4, -0.2) is 17.7 Å². The second kappa shape index (κ2) is 7.79. The number of nitrogens with one attached hydrogen (secondary N) is 1. The Balaban J connectivity index is 2.07. The summed E-state index contributed by atoms with van der Waals surface area (Å²) in [6, 6.07) is 14.3. The fourth-order valence-electron chi connectivity index (χ4n) is 2.41. The lowest BCUT2D eigenvalue weighted by Gasteiger charge is -2.19. The molecule has 0 saturated carbocycles. The minimum atomic E-state index is -0.147. The van der Waals surface area contributed by atoms with E-state index in [1.54, 1.807) is 18.2 Å². The van der Waals surface area contributed by atoms with Crippen molar-refractivity contribution in [2.75, 3.05) is 6.54 Å². The summed E-state index contributed by atoms with van der Waals surface area (Å²) < 4.78 is 13.8. The maximum atomic E-state index is 13.8. The van der Waals surface area contributed by atoms with E-state index < -0.39 is 0 Å². The lowest BCUT2D eigenvalue weighted by atomic mass is 9.98. The van der Waals surface area contributed by atoms with Gasteiger partial charge in [0, 0.05) is 6.04 Å². The molecular formula is C18H22FNO. The summed E-state index contributed by atoms with van der Waals surface area (Å²) in [6.45, 7) is 3.03. The SMILES string of the molecule is CCCNC(Cc1ccc(O)cc1)Cc1ccccc1F. The molecule has 0 aliphatic carbocycles. The third kappa shape index (κ3) is 4.87. The first-order chi connectivity index (χ1) is 10.2. The van der Waals surface area contributed by atoms with Gasteiger partial charge < -0.3 is 10.4 Å². The number of phenols is 1. The minimum absolute atomic E-state index is 0.147. The number of hydrogen-bond donors (Lipinski definition) is 2. The van der Waals surface area contributed by atoms with Crippen molar-refractivity contribution < 1.29 is 9.50 Å². The molecule has 1 unspecified atom stereocenters. The molecule has 2 rings (SSSR count). The lowest BCUT2D eigenvalue weighted by Crippen LogP contribution is -2.34. The molecule has 0 saturated heterocycles. The molecule has 112 valence electrons. The zero-order valence-corrected chi connectivity index (χ0v) is 12.3. The predicted octanol–water partition coefficient (Wildman–Crippen LogP) is 3.68. The lowest BCUT2D eigenvalue weighted by molar-refractivity contribution is 0.473. The molecule has 0 radical (unpaired) electrons. The standard InChI is InChI=1S/C18H22FNO/c1-2-11-20-16(12-14-7-9-17(21)10-8-14)13-15-5-3-4-6-18(15)19/h3-10,16,20-21H,2,11-13H2,1H3. The van der Waals surface area contributed by atoms with Crippen molar-refractivity contribution in [3.8, 4) is 5.75 Å². The van der Waals surface area contributed by atoms with Crippen LogP contribution in [0.5, 0.6) is 5.75 Å². The van der Waals surface area contributed by atoms with Gasteiger partial charge in [-0.15, -0.1) is 0 Å². The smallest absolute Gasteiger partial charge is 0.126 e. The quantitative estimate of drug-likeness (QED) is 0.814. The van der Waals surface area contributed by atoms with E-state index in [9.17, 15) is 9.50 Å². The maximum Gasteiger partial charge on any atom is 0.126 e. The summed E-state index contributed by atoms with van der Waals surface area (Å²) in [5.41, 5.74) is 1.88. The highest BCUT2D eigenvalue weighted by molar-refractivity contribution is 5.27. The summed E-state index contributed by atoms with van der Waals surface area (Å²) in [6.07, 6.45) is 2.52. The third-order valence-electron chi connectivity index (χ3n) is 3.53. The van der Waals surface area contributed by atoms with Crippen molar-refractivity contribution in [2.45, 2.75) is 32.2 Å². The molecule has 0 fully saturated rings. The number of aromatic hydroxyl groups is 1. The van der Waals surface area contributed by atoms with Gasteiger partial charge >= 0.3 is 0 Å². The Kier molecular flexibility index (Phi) is 5.76. The molecule has 2 N–H and O–H groups in total. The van der Waals surface area contributed by atoms with Crippen molar-refractivity contribution in [3.05, 3.63) is 65.5 Å². The van der Waals surface area contributed by atoms with Crippen LogP contribution in [-0.2, 0) is 12.8 Å². The first-order valence-corrected chi connectivity index (χ1v) is 7.43. The molecule has 21 heavy (non-hydrogen) atoms. The van der Waals surface area contributed by atoms with Gasteiger partial charge in [0.2, 0.25) is 0 Å². The summed E-state index contributed by atoms with van der Waals surface area (Å²) in [7, 11) is 0. The van der Waals surface area contributed by atoms with Crippen LogP contribution in [0, 0.1) is 5.82 Å². The second-order valence-corrected chi connectivity index (χ2v) is 5.32. The van der Waals surface area contributed by atoms with E-state index in [1.807, 2.05) is 24.3 Å². The summed E-state index contributed by atoms with van der Waals surface area (Å²) in [5.74, 6) is 0.123. The number of rotatable bonds is 7. The first kappa shape index (κ1) is 15.5. The molecule has 2 aromatic carbocycles. The van der Waals surface area contributed by atoms with Gasteiger partial charge in [-0.25, -0.2) is 4.39 Å². The Morgan fingerprint density at radius 3 is 2.43 bits per heavy atom. The van der Waals surface area contributed by atoms with E-state index in [4.69, 9.17) is 0 Å². The average molecular weight is 287 g/mol. The van der Waals surface area contributed by atoms with Crippen molar-refractivity contribution in [1.82, 2.24) is 5.32 Å². The average Bonchev–Trinajstić information content (AvgIpc) is 2.49. The molecule has 1 atom stereocenters. The molecule has 0 aliphatic heterocycles. The van der Waals surface area contributed by atoms with Crippen molar-refractivity contribution >= 4 is 0 Å². The van der Waals surface area contributed by atoms with E-state index in [1.165, 1.54) is 6.07 Å². The summed E-state index contributed by atoms with van der Waals surface area (Å²) in [5, 5.41) is 12.8. The second-order valence-electron chi connectivity index (χ2n) is 5.32. The van der Waals surface area contributed by atoms with Gasteiger partial charge in [-0.1, -0.05) is 37.3 Å². The summed E-state index contributed by atoms with van der Waals surface area (Å²) in [4.78, 5) is 0. The Bertz CT molecular complexity index is 553. The molecule has 0 bridgehead atoms. The largest absolute Gasteiger partial charge is 0.508 e. The zero-order valence-electron chi connectivity index (χ0n) is 12.3. The van der Waals surface area contributed by atoms with Crippen LogP contribution >= 0.6 is 0 Å². The molecule has 0 aromatic heterocycles. The number of hydrogen-bond acceptors (Lipinski definition) is 2. The topological polar surface area (TPSA) is 32.3 Å². The fraction of sp³-hybridized carbons (Fsp3) is 0.333. The van der Waals surface area contributed by atoms with Crippen LogP contribution < -0.4 is 5.32 Å². The number of phenolic OH excluding ortho intramolecular Hbond substituents is 1. The van der Waals surface area contributed by atoms with Gasteiger partial charge in [0.15, 0.2) is 0 Å². The predicted molar refractivity (Wildman–Crippen MR) is 84.0 cm³/mol. The molecule has 3 heteroatoms. The van der Waals surface area contributed by atoms with Gasteiger partial charge in [-0.3, -0.25) is 0 Å². The first-order valence-electron chi connectivity index (χ1n) is 7.43. The van der Waals surface area contributed by atoms with Crippen LogP contribution in [0.1, 0.15) is 24.5 Å². The highest BCUT2D eigenvalue weighted by atomic mass is 19.1. The monoisotopic (exact) mass is 287 g/mol. The highest BCUT2D eigenvalue weighted by Crippen LogP contribution is 2.15. The highest BCUT2D eigenvalue weighted by Gasteiger charge is 2.12. The molecule has 2 aromatic rings. The minimum Gasteiger partial charge on any atom is -0.508 e.